The first kappa shape index (κ1) is 13.8. The van der Waals surface area contributed by atoms with Gasteiger partial charge in [0.05, 0.1) is 18.0 Å². The van der Waals surface area contributed by atoms with E-state index in [1.165, 1.54) is 12.1 Å². The van der Waals surface area contributed by atoms with Crippen molar-refractivity contribution in [3.05, 3.63) is 71.1 Å². The van der Waals surface area contributed by atoms with Crippen molar-refractivity contribution in [2.75, 3.05) is 0 Å². The van der Waals surface area contributed by atoms with E-state index in [2.05, 4.69) is 5.10 Å². The molecule has 0 radical (unpaired) electrons. The number of benzene rings is 2. The normalized spacial score (nSPS) is 10.8. The molecule has 21 heavy (non-hydrogen) atoms. The Morgan fingerprint density at radius 2 is 1.90 bits per heavy atom. The lowest BCUT2D eigenvalue weighted by Crippen LogP contribution is -1.94. The molecule has 0 aliphatic carbocycles. The molecule has 0 amide bonds. The Morgan fingerprint density at radius 3 is 2.57 bits per heavy atom. The van der Waals surface area contributed by atoms with E-state index in [-0.39, 0.29) is 12.4 Å². The zero-order valence-electron chi connectivity index (χ0n) is 11.0. The molecule has 0 fully saturated rings. The van der Waals surface area contributed by atoms with Crippen LogP contribution in [0.5, 0.6) is 0 Å². The van der Waals surface area contributed by atoms with Gasteiger partial charge in [-0.25, -0.2) is 9.07 Å². The van der Waals surface area contributed by atoms with Crippen LogP contribution in [0.2, 0.25) is 5.02 Å². The van der Waals surface area contributed by atoms with Gasteiger partial charge in [-0.2, -0.15) is 5.10 Å². The minimum absolute atomic E-state index is 0.146. The summed E-state index contributed by atoms with van der Waals surface area (Å²) in [6.45, 7) is -0.146. The molecule has 0 unspecified atom stereocenters. The van der Waals surface area contributed by atoms with Crippen LogP contribution in [0.3, 0.4) is 0 Å². The van der Waals surface area contributed by atoms with Gasteiger partial charge in [-0.1, -0.05) is 17.7 Å². The number of rotatable bonds is 3. The minimum Gasteiger partial charge on any atom is -0.392 e. The zero-order chi connectivity index (χ0) is 14.8. The van der Waals surface area contributed by atoms with Gasteiger partial charge in [-0.15, -0.1) is 0 Å². The number of halogens is 2. The van der Waals surface area contributed by atoms with E-state index in [0.717, 1.165) is 11.3 Å². The summed E-state index contributed by atoms with van der Waals surface area (Å²) in [6.07, 6.45) is 1.74. The molecular weight excluding hydrogens is 291 g/mol. The first-order valence-corrected chi connectivity index (χ1v) is 6.76. The molecular formula is C16H12ClFN2O. The topological polar surface area (TPSA) is 38.0 Å². The Balaban J connectivity index is 2.08. The smallest absolute Gasteiger partial charge is 0.123 e. The quantitative estimate of drug-likeness (QED) is 0.798. The van der Waals surface area contributed by atoms with Gasteiger partial charge in [0.2, 0.25) is 0 Å². The van der Waals surface area contributed by atoms with E-state index in [9.17, 15) is 9.50 Å². The summed E-state index contributed by atoms with van der Waals surface area (Å²) < 4.78 is 14.7. The second kappa shape index (κ2) is 5.68. The van der Waals surface area contributed by atoms with Crippen molar-refractivity contribution in [2.24, 2.45) is 0 Å². The number of aliphatic hydroxyl groups is 1. The molecule has 3 nitrogen and oxygen atoms in total. The molecule has 106 valence electrons. The summed E-state index contributed by atoms with van der Waals surface area (Å²) in [5, 5.41) is 14.6. The van der Waals surface area contributed by atoms with Crippen molar-refractivity contribution >= 4 is 11.6 Å². The van der Waals surface area contributed by atoms with Gasteiger partial charge in [0.1, 0.15) is 5.82 Å². The molecule has 3 rings (SSSR count). The third kappa shape index (κ3) is 2.82. The lowest BCUT2D eigenvalue weighted by Gasteiger charge is -2.01. The second-order valence-electron chi connectivity index (χ2n) is 4.59. The number of hydrogen-bond acceptors (Lipinski definition) is 2. The molecule has 0 spiro atoms. The highest BCUT2D eigenvalue weighted by atomic mass is 35.5. The fourth-order valence-electron chi connectivity index (χ4n) is 2.13. The fourth-order valence-corrected chi connectivity index (χ4v) is 2.31. The highest BCUT2D eigenvalue weighted by Gasteiger charge is 2.11. The average molecular weight is 303 g/mol. The molecule has 0 bridgehead atoms. The Bertz CT molecular complexity index is 768. The standard InChI is InChI=1S/C16H12ClFN2O/c17-13-2-1-3-15(8-13)20-9-12(10-21)16(19-20)11-4-6-14(18)7-5-11/h1-9,21H,10H2. The molecule has 0 atom stereocenters. The number of aromatic nitrogens is 2. The molecule has 0 saturated carbocycles. The summed E-state index contributed by atoms with van der Waals surface area (Å²) >= 11 is 5.98. The van der Waals surface area contributed by atoms with Gasteiger partial charge in [-0.05, 0) is 42.5 Å². The van der Waals surface area contributed by atoms with E-state index in [4.69, 9.17) is 11.6 Å². The van der Waals surface area contributed by atoms with Crippen LogP contribution in [-0.2, 0) is 6.61 Å². The first-order chi connectivity index (χ1) is 10.2. The minimum atomic E-state index is -0.307. The van der Waals surface area contributed by atoms with Crippen molar-refractivity contribution in [3.8, 4) is 16.9 Å². The molecule has 3 aromatic rings. The average Bonchev–Trinajstić information content (AvgIpc) is 2.92. The predicted molar refractivity (Wildman–Crippen MR) is 79.9 cm³/mol. The summed E-state index contributed by atoms with van der Waals surface area (Å²) in [7, 11) is 0. The molecule has 0 aliphatic heterocycles. The van der Waals surface area contributed by atoms with E-state index in [0.29, 0.717) is 16.3 Å². The molecule has 0 aliphatic rings. The van der Waals surface area contributed by atoms with Gasteiger partial charge in [0.25, 0.3) is 0 Å². The Hall–Kier alpha value is -2.17. The van der Waals surface area contributed by atoms with Gasteiger partial charge < -0.3 is 5.11 Å². The van der Waals surface area contributed by atoms with E-state index in [1.54, 1.807) is 35.1 Å². The van der Waals surface area contributed by atoms with Crippen LogP contribution in [0.15, 0.2) is 54.7 Å². The third-order valence-corrected chi connectivity index (χ3v) is 3.39. The summed E-state index contributed by atoms with van der Waals surface area (Å²) in [6, 6.07) is 13.3. The maximum atomic E-state index is 13.0. The molecule has 1 aromatic heterocycles. The Kier molecular flexibility index (Phi) is 3.73. The summed E-state index contributed by atoms with van der Waals surface area (Å²) in [4.78, 5) is 0. The molecule has 2 aromatic carbocycles. The van der Waals surface area contributed by atoms with Crippen LogP contribution < -0.4 is 0 Å². The Labute approximate surface area is 126 Å². The van der Waals surface area contributed by atoms with Crippen LogP contribution in [0, 0.1) is 5.82 Å². The third-order valence-electron chi connectivity index (χ3n) is 3.15. The van der Waals surface area contributed by atoms with Crippen molar-refractivity contribution in [2.45, 2.75) is 6.61 Å². The van der Waals surface area contributed by atoms with Crippen molar-refractivity contribution in [1.82, 2.24) is 9.78 Å². The monoisotopic (exact) mass is 302 g/mol. The van der Waals surface area contributed by atoms with Crippen LogP contribution in [-0.4, -0.2) is 14.9 Å². The molecule has 0 saturated heterocycles. The largest absolute Gasteiger partial charge is 0.392 e. The highest BCUT2D eigenvalue weighted by molar-refractivity contribution is 6.30. The number of aliphatic hydroxyl groups excluding tert-OH is 1. The van der Waals surface area contributed by atoms with Crippen LogP contribution in [0.25, 0.3) is 16.9 Å². The van der Waals surface area contributed by atoms with Crippen LogP contribution >= 0.6 is 11.6 Å². The molecule has 1 N–H and O–H groups in total. The van der Waals surface area contributed by atoms with Crippen molar-refractivity contribution in [1.29, 1.82) is 0 Å². The number of nitrogens with zero attached hydrogens (tertiary/aromatic N) is 2. The Morgan fingerprint density at radius 1 is 1.14 bits per heavy atom. The van der Waals surface area contributed by atoms with Gasteiger partial charge in [0.15, 0.2) is 0 Å². The molecule has 1 heterocycles. The first-order valence-electron chi connectivity index (χ1n) is 6.38. The van der Waals surface area contributed by atoms with Gasteiger partial charge >= 0.3 is 0 Å². The van der Waals surface area contributed by atoms with Crippen LogP contribution in [0.4, 0.5) is 4.39 Å². The lowest BCUT2D eigenvalue weighted by molar-refractivity contribution is 0.282. The zero-order valence-corrected chi connectivity index (χ0v) is 11.8. The van der Waals surface area contributed by atoms with E-state index in [1.807, 2.05) is 12.1 Å². The summed E-state index contributed by atoms with van der Waals surface area (Å²) in [5.74, 6) is -0.307. The maximum Gasteiger partial charge on any atom is 0.123 e. The van der Waals surface area contributed by atoms with Crippen molar-refractivity contribution < 1.29 is 9.50 Å². The number of hydrogen-bond donors (Lipinski definition) is 1. The predicted octanol–water partition coefficient (Wildman–Crippen LogP) is 3.82. The highest BCUT2D eigenvalue weighted by Crippen LogP contribution is 2.24. The maximum absolute atomic E-state index is 13.0. The van der Waals surface area contributed by atoms with E-state index < -0.39 is 0 Å². The lowest BCUT2D eigenvalue weighted by atomic mass is 10.1. The second-order valence-corrected chi connectivity index (χ2v) is 5.03. The van der Waals surface area contributed by atoms with Gasteiger partial charge in [0, 0.05) is 22.3 Å². The SMILES string of the molecule is OCc1cn(-c2cccc(Cl)c2)nc1-c1ccc(F)cc1. The van der Waals surface area contributed by atoms with Crippen LogP contribution in [0.1, 0.15) is 5.56 Å². The molecule has 5 heteroatoms. The summed E-state index contributed by atoms with van der Waals surface area (Å²) in [5.41, 5.74) is 2.84. The van der Waals surface area contributed by atoms with Gasteiger partial charge in [-0.3, -0.25) is 0 Å². The fraction of sp³-hybridized carbons (Fsp3) is 0.0625. The van der Waals surface area contributed by atoms with Crippen molar-refractivity contribution in [3.63, 3.8) is 0 Å². The van der Waals surface area contributed by atoms with E-state index >= 15 is 0 Å².